The van der Waals surface area contributed by atoms with Crippen LogP contribution in [0.5, 0.6) is 0 Å². The van der Waals surface area contributed by atoms with Gasteiger partial charge in [0, 0.05) is 19.5 Å². The van der Waals surface area contributed by atoms with Crippen molar-refractivity contribution in [2.75, 3.05) is 7.05 Å². The molecule has 2 unspecified atom stereocenters. The van der Waals surface area contributed by atoms with E-state index in [0.717, 1.165) is 12.8 Å². The van der Waals surface area contributed by atoms with Gasteiger partial charge >= 0.3 is 0 Å². The molecular formula is C14H21ClN2O. The van der Waals surface area contributed by atoms with E-state index in [2.05, 4.69) is 18.2 Å². The van der Waals surface area contributed by atoms with Crippen LogP contribution in [0.2, 0.25) is 0 Å². The van der Waals surface area contributed by atoms with Crippen LogP contribution >= 0.6 is 12.4 Å². The summed E-state index contributed by atoms with van der Waals surface area (Å²) in [5, 5.41) is 0. The van der Waals surface area contributed by atoms with E-state index in [1.165, 1.54) is 11.1 Å². The minimum Gasteiger partial charge on any atom is -0.339 e. The van der Waals surface area contributed by atoms with Gasteiger partial charge < -0.3 is 10.6 Å². The van der Waals surface area contributed by atoms with E-state index in [0.29, 0.717) is 6.42 Å². The van der Waals surface area contributed by atoms with Crippen molar-refractivity contribution >= 4 is 18.3 Å². The lowest BCUT2D eigenvalue weighted by molar-refractivity contribution is -0.132. The van der Waals surface area contributed by atoms with E-state index in [-0.39, 0.29) is 30.4 Å². The Morgan fingerprint density at radius 3 is 2.83 bits per heavy atom. The first-order chi connectivity index (χ1) is 8.09. The summed E-state index contributed by atoms with van der Waals surface area (Å²) in [6.45, 7) is 1.87. The largest absolute Gasteiger partial charge is 0.339 e. The SMILES string of the molecule is CC(N)CC(=O)N(C)C1CCc2ccccc21.Cl. The topological polar surface area (TPSA) is 46.3 Å². The standard InChI is InChI=1S/C14H20N2O.ClH/c1-10(15)9-14(17)16(2)13-8-7-11-5-3-4-6-12(11)13;/h3-6,10,13H,7-9,15H2,1-2H3;1H. The van der Waals surface area contributed by atoms with Crippen molar-refractivity contribution < 1.29 is 4.79 Å². The third kappa shape index (κ3) is 3.03. The molecule has 0 radical (unpaired) electrons. The number of aryl methyl sites for hydroxylation is 1. The predicted molar refractivity (Wildman–Crippen MR) is 75.8 cm³/mol. The number of carbonyl (C=O) groups excluding carboxylic acids is 1. The first-order valence-corrected chi connectivity index (χ1v) is 6.18. The van der Waals surface area contributed by atoms with Crippen LogP contribution < -0.4 is 5.73 Å². The number of nitrogens with zero attached hydrogens (tertiary/aromatic N) is 1. The van der Waals surface area contributed by atoms with Crippen LogP contribution in [0.4, 0.5) is 0 Å². The Morgan fingerprint density at radius 1 is 1.50 bits per heavy atom. The Kier molecular flexibility index (Phi) is 5.17. The summed E-state index contributed by atoms with van der Waals surface area (Å²) in [4.78, 5) is 13.9. The van der Waals surface area contributed by atoms with Gasteiger partial charge in [-0.2, -0.15) is 0 Å². The number of fused-ring (bicyclic) bond motifs is 1. The van der Waals surface area contributed by atoms with Crippen LogP contribution in [0.1, 0.15) is 36.9 Å². The molecule has 3 nitrogen and oxygen atoms in total. The number of carbonyl (C=O) groups is 1. The number of rotatable bonds is 3. The molecule has 1 amide bonds. The number of benzene rings is 1. The molecular weight excluding hydrogens is 248 g/mol. The van der Waals surface area contributed by atoms with Gasteiger partial charge in [-0.15, -0.1) is 12.4 Å². The van der Waals surface area contributed by atoms with Gasteiger partial charge in [0.2, 0.25) is 5.91 Å². The molecule has 2 atom stereocenters. The monoisotopic (exact) mass is 268 g/mol. The zero-order chi connectivity index (χ0) is 12.4. The lowest BCUT2D eigenvalue weighted by Gasteiger charge is -2.26. The number of hydrogen-bond donors (Lipinski definition) is 1. The molecule has 1 aliphatic rings. The summed E-state index contributed by atoms with van der Waals surface area (Å²) in [7, 11) is 1.89. The molecule has 0 saturated heterocycles. The molecule has 1 aromatic rings. The Bertz CT molecular complexity index is 420. The molecule has 0 spiro atoms. The second-order valence-electron chi connectivity index (χ2n) is 4.94. The number of nitrogens with two attached hydrogens (primary N) is 1. The van der Waals surface area contributed by atoms with Gasteiger partial charge in [0.05, 0.1) is 6.04 Å². The highest BCUT2D eigenvalue weighted by Gasteiger charge is 2.28. The van der Waals surface area contributed by atoms with Crippen LogP contribution in [0, 0.1) is 0 Å². The van der Waals surface area contributed by atoms with Crippen molar-refractivity contribution in [3.63, 3.8) is 0 Å². The maximum absolute atomic E-state index is 12.0. The van der Waals surface area contributed by atoms with Gasteiger partial charge in [0.1, 0.15) is 0 Å². The Labute approximate surface area is 115 Å². The lowest BCUT2D eigenvalue weighted by atomic mass is 10.1. The minimum absolute atomic E-state index is 0. The zero-order valence-corrected chi connectivity index (χ0v) is 11.7. The number of halogens is 1. The smallest absolute Gasteiger partial charge is 0.224 e. The van der Waals surface area contributed by atoms with Gasteiger partial charge in [-0.1, -0.05) is 24.3 Å². The fourth-order valence-electron chi connectivity index (χ4n) is 2.53. The Balaban J connectivity index is 0.00000162. The van der Waals surface area contributed by atoms with Crippen LogP contribution in [0.25, 0.3) is 0 Å². The summed E-state index contributed by atoms with van der Waals surface area (Å²) in [6, 6.07) is 8.55. The second kappa shape index (κ2) is 6.21. The molecule has 100 valence electrons. The van der Waals surface area contributed by atoms with Crippen LogP contribution in [0.15, 0.2) is 24.3 Å². The summed E-state index contributed by atoms with van der Waals surface area (Å²) in [5.41, 5.74) is 8.35. The molecule has 0 fully saturated rings. The number of amides is 1. The first-order valence-electron chi connectivity index (χ1n) is 6.18. The highest BCUT2D eigenvalue weighted by Crippen LogP contribution is 2.34. The van der Waals surface area contributed by atoms with E-state index < -0.39 is 0 Å². The van der Waals surface area contributed by atoms with Crippen molar-refractivity contribution in [2.45, 2.75) is 38.3 Å². The third-order valence-corrected chi connectivity index (χ3v) is 3.46. The van der Waals surface area contributed by atoms with Crippen LogP contribution in [-0.4, -0.2) is 23.9 Å². The van der Waals surface area contributed by atoms with E-state index in [1.54, 1.807) is 0 Å². The summed E-state index contributed by atoms with van der Waals surface area (Å²) >= 11 is 0. The van der Waals surface area contributed by atoms with E-state index in [4.69, 9.17) is 5.73 Å². The molecule has 0 bridgehead atoms. The van der Waals surface area contributed by atoms with Gasteiger partial charge in [-0.3, -0.25) is 4.79 Å². The quantitative estimate of drug-likeness (QED) is 0.914. The van der Waals surface area contributed by atoms with E-state index >= 15 is 0 Å². The Morgan fingerprint density at radius 2 is 2.17 bits per heavy atom. The molecule has 0 aliphatic heterocycles. The molecule has 0 heterocycles. The van der Waals surface area contributed by atoms with Gasteiger partial charge in [0.15, 0.2) is 0 Å². The van der Waals surface area contributed by atoms with Gasteiger partial charge in [-0.25, -0.2) is 0 Å². The summed E-state index contributed by atoms with van der Waals surface area (Å²) < 4.78 is 0. The van der Waals surface area contributed by atoms with E-state index in [1.807, 2.05) is 24.9 Å². The first kappa shape index (κ1) is 15.0. The predicted octanol–water partition coefficient (Wildman–Crippen LogP) is 2.29. The fourth-order valence-corrected chi connectivity index (χ4v) is 2.53. The highest BCUT2D eigenvalue weighted by atomic mass is 35.5. The molecule has 0 aromatic heterocycles. The van der Waals surface area contributed by atoms with Crippen molar-refractivity contribution in [2.24, 2.45) is 5.73 Å². The molecule has 2 N–H and O–H groups in total. The van der Waals surface area contributed by atoms with Crippen LogP contribution in [0.3, 0.4) is 0 Å². The minimum atomic E-state index is -0.0680. The maximum Gasteiger partial charge on any atom is 0.224 e. The average Bonchev–Trinajstić information content (AvgIpc) is 2.70. The Hall–Kier alpha value is -1.06. The van der Waals surface area contributed by atoms with E-state index in [9.17, 15) is 4.79 Å². The van der Waals surface area contributed by atoms with Crippen molar-refractivity contribution in [1.29, 1.82) is 0 Å². The second-order valence-corrected chi connectivity index (χ2v) is 4.94. The van der Waals surface area contributed by atoms with Gasteiger partial charge in [-0.05, 0) is 30.9 Å². The molecule has 1 aliphatic carbocycles. The average molecular weight is 269 g/mol. The summed E-state index contributed by atoms with van der Waals surface area (Å²) in [6.07, 6.45) is 2.52. The molecule has 2 rings (SSSR count). The van der Waals surface area contributed by atoms with Crippen molar-refractivity contribution in [3.8, 4) is 0 Å². The number of hydrogen-bond acceptors (Lipinski definition) is 2. The molecule has 1 aromatic carbocycles. The van der Waals surface area contributed by atoms with Crippen LogP contribution in [-0.2, 0) is 11.2 Å². The highest BCUT2D eigenvalue weighted by molar-refractivity contribution is 5.85. The summed E-state index contributed by atoms with van der Waals surface area (Å²) in [5.74, 6) is 0.140. The van der Waals surface area contributed by atoms with Crippen molar-refractivity contribution in [3.05, 3.63) is 35.4 Å². The third-order valence-electron chi connectivity index (χ3n) is 3.46. The normalized spacial score (nSPS) is 18.7. The lowest BCUT2D eigenvalue weighted by Crippen LogP contribution is -2.34. The fraction of sp³-hybridized carbons (Fsp3) is 0.500. The van der Waals surface area contributed by atoms with Gasteiger partial charge in [0.25, 0.3) is 0 Å². The van der Waals surface area contributed by atoms with Crippen molar-refractivity contribution in [1.82, 2.24) is 4.90 Å². The molecule has 18 heavy (non-hydrogen) atoms. The molecule has 0 saturated carbocycles. The maximum atomic E-state index is 12.0. The zero-order valence-electron chi connectivity index (χ0n) is 10.9. The molecule has 4 heteroatoms.